The first kappa shape index (κ1) is 15.8. The largest absolute Gasteiger partial charge is 0.398 e. The molecule has 1 aromatic carbocycles. The van der Waals surface area contributed by atoms with Gasteiger partial charge < -0.3 is 9.88 Å². The van der Waals surface area contributed by atoms with Crippen molar-refractivity contribution in [1.82, 2.24) is 4.57 Å². The average molecular weight is 314 g/mol. The van der Waals surface area contributed by atoms with Gasteiger partial charge in [-0.1, -0.05) is 12.1 Å². The molecule has 2 aromatic rings. The Balaban J connectivity index is 2.03. The van der Waals surface area contributed by atoms with E-state index in [9.17, 15) is 13.2 Å². The highest BCUT2D eigenvalue weighted by Gasteiger charge is 2.27. The van der Waals surface area contributed by atoms with Crippen LogP contribution in [0.15, 0.2) is 47.5 Å². The van der Waals surface area contributed by atoms with E-state index in [-0.39, 0.29) is 0 Å². The van der Waals surface area contributed by atoms with E-state index in [2.05, 4.69) is 16.8 Å². The van der Waals surface area contributed by atoms with Gasteiger partial charge in [-0.05, 0) is 31.2 Å². The van der Waals surface area contributed by atoms with Crippen molar-refractivity contribution in [3.63, 3.8) is 0 Å². The minimum absolute atomic E-state index is 0.588. The van der Waals surface area contributed by atoms with Gasteiger partial charge in [0, 0.05) is 29.0 Å². The summed E-state index contributed by atoms with van der Waals surface area (Å²) in [6.45, 7) is 3.51. The first-order chi connectivity index (χ1) is 9.99. The molecule has 0 saturated carbocycles. The fourth-order valence-corrected chi connectivity index (χ4v) is 2.79. The molecule has 0 radical (unpaired) electrons. The molecule has 21 heavy (non-hydrogen) atoms. The second kappa shape index (κ2) is 6.93. The summed E-state index contributed by atoms with van der Waals surface area (Å²) in [4.78, 5) is 0.615. The molecule has 114 valence electrons. The molecular weight excluding hydrogens is 297 g/mol. The molecule has 0 spiro atoms. The second-order valence-corrected chi connectivity index (χ2v) is 5.56. The summed E-state index contributed by atoms with van der Waals surface area (Å²) in [5.74, 6) is -0.878. The number of aromatic nitrogens is 1. The van der Waals surface area contributed by atoms with Gasteiger partial charge in [-0.2, -0.15) is 13.2 Å². The fraction of sp³-hybridized carbons (Fsp3) is 0.333. The van der Waals surface area contributed by atoms with Crippen molar-refractivity contribution < 1.29 is 13.2 Å². The van der Waals surface area contributed by atoms with Crippen molar-refractivity contribution in [2.75, 3.05) is 11.1 Å². The van der Waals surface area contributed by atoms with Crippen molar-refractivity contribution in [3.8, 4) is 0 Å². The summed E-state index contributed by atoms with van der Waals surface area (Å²) in [7, 11) is 0. The van der Waals surface area contributed by atoms with Crippen molar-refractivity contribution in [3.05, 3.63) is 48.3 Å². The number of hydrogen-bond donors (Lipinski definition) is 1. The third-order valence-corrected chi connectivity index (χ3v) is 4.14. The number of anilines is 1. The highest BCUT2D eigenvalue weighted by atomic mass is 32.2. The summed E-state index contributed by atoms with van der Waals surface area (Å²) in [6.07, 6.45) is -2.17. The van der Waals surface area contributed by atoms with Crippen LogP contribution in [0.5, 0.6) is 0 Å². The molecule has 0 atom stereocenters. The van der Waals surface area contributed by atoms with Crippen molar-refractivity contribution in [2.24, 2.45) is 0 Å². The van der Waals surface area contributed by atoms with E-state index < -0.39 is 11.9 Å². The predicted octanol–water partition coefficient (Wildman–Crippen LogP) is 4.77. The van der Waals surface area contributed by atoms with E-state index in [4.69, 9.17) is 0 Å². The van der Waals surface area contributed by atoms with Crippen LogP contribution < -0.4 is 5.32 Å². The summed E-state index contributed by atoms with van der Waals surface area (Å²) < 4.78 is 39.1. The topological polar surface area (TPSA) is 17.0 Å². The van der Waals surface area contributed by atoms with E-state index in [1.165, 1.54) is 0 Å². The molecule has 0 bridgehead atoms. The number of halogens is 3. The zero-order valence-electron chi connectivity index (χ0n) is 11.7. The van der Waals surface area contributed by atoms with Gasteiger partial charge in [-0.25, -0.2) is 0 Å². The molecule has 0 saturated heterocycles. The Morgan fingerprint density at radius 3 is 2.62 bits per heavy atom. The SMILES string of the molecule is CCn1cccc1CNc1ccccc1SCC(F)(F)F. The zero-order chi connectivity index (χ0) is 15.3. The van der Waals surface area contributed by atoms with Crippen LogP contribution >= 0.6 is 11.8 Å². The number of rotatable bonds is 6. The number of nitrogens with zero attached hydrogens (tertiary/aromatic N) is 1. The first-order valence-corrected chi connectivity index (χ1v) is 7.64. The third kappa shape index (κ3) is 4.74. The van der Waals surface area contributed by atoms with Crippen LogP contribution in [0, 0.1) is 0 Å². The molecule has 0 amide bonds. The lowest BCUT2D eigenvalue weighted by Gasteiger charge is -2.13. The lowest BCUT2D eigenvalue weighted by molar-refractivity contribution is -0.105. The Morgan fingerprint density at radius 2 is 1.90 bits per heavy atom. The van der Waals surface area contributed by atoms with Crippen LogP contribution in [0.3, 0.4) is 0 Å². The van der Waals surface area contributed by atoms with Gasteiger partial charge in [0.25, 0.3) is 0 Å². The van der Waals surface area contributed by atoms with Gasteiger partial charge in [0.1, 0.15) is 0 Å². The molecular formula is C15H17F3N2S. The Morgan fingerprint density at radius 1 is 1.14 bits per heavy atom. The average Bonchev–Trinajstić information content (AvgIpc) is 2.90. The number of para-hydroxylation sites is 1. The van der Waals surface area contributed by atoms with E-state index >= 15 is 0 Å². The van der Waals surface area contributed by atoms with Gasteiger partial charge in [-0.3, -0.25) is 0 Å². The van der Waals surface area contributed by atoms with Crippen LogP contribution in [-0.4, -0.2) is 16.5 Å². The monoisotopic (exact) mass is 314 g/mol. The third-order valence-electron chi connectivity index (χ3n) is 3.00. The highest BCUT2D eigenvalue weighted by Crippen LogP contribution is 2.32. The maximum atomic E-state index is 12.3. The normalized spacial score (nSPS) is 11.6. The summed E-state index contributed by atoms with van der Waals surface area (Å²) in [5.41, 5.74) is 1.84. The molecule has 2 nitrogen and oxygen atoms in total. The standard InChI is InChI=1S/C15H17F3N2S/c1-2-20-9-5-6-12(20)10-19-13-7-3-4-8-14(13)21-11-15(16,17)18/h3-9,19H,2,10-11H2,1H3. The molecule has 0 fully saturated rings. The number of alkyl halides is 3. The second-order valence-electron chi connectivity index (χ2n) is 4.54. The molecule has 1 heterocycles. The minimum atomic E-state index is -4.16. The number of thioether (sulfide) groups is 1. The predicted molar refractivity (Wildman–Crippen MR) is 80.7 cm³/mol. The molecule has 6 heteroatoms. The molecule has 0 unspecified atom stereocenters. The highest BCUT2D eigenvalue weighted by molar-refractivity contribution is 7.99. The lowest BCUT2D eigenvalue weighted by atomic mass is 10.3. The number of benzene rings is 1. The molecule has 0 aliphatic heterocycles. The quantitative estimate of drug-likeness (QED) is 0.773. The fourth-order valence-electron chi connectivity index (χ4n) is 2.00. The van der Waals surface area contributed by atoms with Crippen LogP contribution in [0.25, 0.3) is 0 Å². The van der Waals surface area contributed by atoms with Crippen molar-refractivity contribution in [2.45, 2.75) is 31.1 Å². The number of nitrogens with one attached hydrogen (secondary N) is 1. The van der Waals surface area contributed by atoms with Gasteiger partial charge in [0.2, 0.25) is 0 Å². The zero-order valence-corrected chi connectivity index (χ0v) is 12.5. The lowest BCUT2D eigenvalue weighted by Crippen LogP contribution is -2.11. The maximum Gasteiger partial charge on any atom is 0.398 e. The van der Waals surface area contributed by atoms with Crippen LogP contribution in [0.2, 0.25) is 0 Å². The Kier molecular flexibility index (Phi) is 5.22. The summed E-state index contributed by atoms with van der Waals surface area (Å²) >= 11 is 0.807. The van der Waals surface area contributed by atoms with Crippen molar-refractivity contribution in [1.29, 1.82) is 0 Å². The Hall–Kier alpha value is -1.56. The number of aryl methyl sites for hydroxylation is 1. The molecule has 1 N–H and O–H groups in total. The smallest absolute Gasteiger partial charge is 0.379 e. The van der Waals surface area contributed by atoms with Gasteiger partial charge >= 0.3 is 6.18 Å². The Bertz CT molecular complexity index is 578. The van der Waals surface area contributed by atoms with Gasteiger partial charge in [-0.15, -0.1) is 11.8 Å². The maximum absolute atomic E-state index is 12.3. The summed E-state index contributed by atoms with van der Waals surface area (Å²) in [6, 6.07) is 11.0. The number of hydrogen-bond acceptors (Lipinski definition) is 2. The van der Waals surface area contributed by atoms with Crippen LogP contribution in [0.1, 0.15) is 12.6 Å². The summed E-state index contributed by atoms with van der Waals surface area (Å²) in [5, 5.41) is 3.22. The van der Waals surface area contributed by atoms with Crippen LogP contribution in [-0.2, 0) is 13.1 Å². The first-order valence-electron chi connectivity index (χ1n) is 6.66. The van der Waals surface area contributed by atoms with Crippen LogP contribution in [0.4, 0.5) is 18.9 Å². The van der Waals surface area contributed by atoms with Gasteiger partial charge in [0.05, 0.1) is 12.3 Å². The van der Waals surface area contributed by atoms with E-state index in [0.717, 1.165) is 29.7 Å². The molecule has 0 aliphatic carbocycles. The molecule has 0 aliphatic rings. The molecule has 1 aromatic heterocycles. The molecule has 2 rings (SSSR count). The Labute approximate surface area is 126 Å². The minimum Gasteiger partial charge on any atom is -0.379 e. The van der Waals surface area contributed by atoms with E-state index in [1.54, 1.807) is 18.2 Å². The van der Waals surface area contributed by atoms with Gasteiger partial charge in [0.15, 0.2) is 0 Å². The van der Waals surface area contributed by atoms with E-state index in [1.807, 2.05) is 24.4 Å². The van der Waals surface area contributed by atoms with Crippen molar-refractivity contribution >= 4 is 17.4 Å². The van der Waals surface area contributed by atoms with E-state index in [0.29, 0.717) is 11.4 Å².